The molecule has 0 aliphatic carbocycles. The number of hydrogen-bond acceptors (Lipinski definition) is 6. The van der Waals surface area contributed by atoms with Crippen LogP contribution in [-0.2, 0) is 6.61 Å². The molecule has 0 fully saturated rings. The number of carbonyl (C=O) groups excluding carboxylic acids is 1. The van der Waals surface area contributed by atoms with Gasteiger partial charge in [0.2, 0.25) is 0 Å². The fraction of sp³-hybridized carbons (Fsp3) is 0.300. The zero-order valence-corrected chi connectivity index (χ0v) is 16.0. The zero-order valence-electron chi connectivity index (χ0n) is 16.0. The number of aldehydes is 1. The predicted octanol–water partition coefficient (Wildman–Crippen LogP) is 4.04. The highest BCUT2D eigenvalue weighted by Gasteiger charge is 2.15. The van der Waals surface area contributed by atoms with Crippen molar-refractivity contribution in [3.8, 4) is 22.9 Å². The van der Waals surface area contributed by atoms with Gasteiger partial charge in [-0.3, -0.25) is 9.48 Å². The molecular formula is C20H24N4O3. The molecule has 0 saturated heterocycles. The number of phenolic OH excluding ortho intramolecular Hbond substituents is 1. The van der Waals surface area contributed by atoms with Crippen molar-refractivity contribution >= 4 is 6.29 Å². The average Bonchev–Trinajstić information content (AvgIpc) is 3.18. The van der Waals surface area contributed by atoms with E-state index in [9.17, 15) is 9.90 Å². The van der Waals surface area contributed by atoms with Gasteiger partial charge in [0.15, 0.2) is 6.29 Å². The standard InChI is InChI=1S/C18H18N4O3.C2H6/c1-12(2)22-15(6-7-21-22)18-13(8-19-11-20-18)10-25-17-5-3-4-16(24)14(17)9-23;1-2/h3-9,11-12,24H,10H2,1-2H3;1-2H3. The Balaban J connectivity index is 0.00000126. The fourth-order valence-electron chi connectivity index (χ4n) is 2.54. The maximum absolute atomic E-state index is 11.2. The van der Waals surface area contributed by atoms with Crippen molar-refractivity contribution in [2.24, 2.45) is 0 Å². The number of aromatic hydroxyl groups is 1. The van der Waals surface area contributed by atoms with Crippen molar-refractivity contribution < 1.29 is 14.6 Å². The van der Waals surface area contributed by atoms with Crippen molar-refractivity contribution in [1.82, 2.24) is 19.7 Å². The van der Waals surface area contributed by atoms with Gasteiger partial charge in [-0.2, -0.15) is 5.10 Å². The maximum Gasteiger partial charge on any atom is 0.157 e. The van der Waals surface area contributed by atoms with E-state index in [0.717, 1.165) is 11.3 Å². The van der Waals surface area contributed by atoms with E-state index in [1.54, 1.807) is 24.5 Å². The minimum Gasteiger partial charge on any atom is -0.507 e. The van der Waals surface area contributed by atoms with Gasteiger partial charge < -0.3 is 9.84 Å². The first-order valence-corrected chi connectivity index (χ1v) is 8.84. The summed E-state index contributed by atoms with van der Waals surface area (Å²) in [7, 11) is 0. The molecular weight excluding hydrogens is 344 g/mol. The van der Waals surface area contributed by atoms with Gasteiger partial charge in [-0.25, -0.2) is 9.97 Å². The van der Waals surface area contributed by atoms with Crippen molar-refractivity contribution in [3.63, 3.8) is 0 Å². The van der Waals surface area contributed by atoms with Crippen LogP contribution in [0.5, 0.6) is 11.5 Å². The summed E-state index contributed by atoms with van der Waals surface area (Å²) >= 11 is 0. The van der Waals surface area contributed by atoms with E-state index < -0.39 is 0 Å². The Kier molecular flexibility index (Phi) is 7.05. The van der Waals surface area contributed by atoms with E-state index in [2.05, 4.69) is 15.1 Å². The highest BCUT2D eigenvalue weighted by molar-refractivity contribution is 5.83. The molecule has 0 spiro atoms. The molecule has 0 saturated carbocycles. The zero-order chi connectivity index (χ0) is 19.8. The lowest BCUT2D eigenvalue weighted by molar-refractivity contribution is 0.111. The second-order valence-corrected chi connectivity index (χ2v) is 5.75. The van der Waals surface area contributed by atoms with Crippen LogP contribution in [0.1, 0.15) is 49.7 Å². The summed E-state index contributed by atoms with van der Waals surface area (Å²) in [5.41, 5.74) is 2.45. The molecule has 2 aromatic heterocycles. The first-order chi connectivity index (χ1) is 13.1. The van der Waals surface area contributed by atoms with Crippen LogP contribution in [0.15, 0.2) is 43.0 Å². The molecule has 1 aromatic carbocycles. The van der Waals surface area contributed by atoms with Gasteiger partial charge in [0.25, 0.3) is 0 Å². The van der Waals surface area contributed by atoms with Crippen LogP contribution >= 0.6 is 0 Å². The third-order valence-corrected chi connectivity index (χ3v) is 3.73. The Morgan fingerprint density at radius 1 is 1.26 bits per heavy atom. The number of benzene rings is 1. The van der Waals surface area contributed by atoms with E-state index in [0.29, 0.717) is 17.7 Å². The first-order valence-electron chi connectivity index (χ1n) is 8.84. The lowest BCUT2D eigenvalue weighted by atomic mass is 10.1. The number of hydrogen-bond donors (Lipinski definition) is 1. The Bertz CT molecular complexity index is 890. The van der Waals surface area contributed by atoms with Gasteiger partial charge in [0.1, 0.15) is 24.4 Å². The number of aromatic nitrogens is 4. The van der Waals surface area contributed by atoms with Crippen LogP contribution in [0, 0.1) is 0 Å². The Morgan fingerprint density at radius 2 is 2.04 bits per heavy atom. The highest BCUT2D eigenvalue weighted by Crippen LogP contribution is 2.28. The molecule has 0 radical (unpaired) electrons. The maximum atomic E-state index is 11.2. The van der Waals surface area contributed by atoms with E-state index in [1.165, 1.54) is 12.4 Å². The Morgan fingerprint density at radius 3 is 2.74 bits per heavy atom. The van der Waals surface area contributed by atoms with E-state index in [1.807, 2.05) is 38.4 Å². The number of carbonyl (C=O) groups is 1. The molecule has 3 aromatic rings. The monoisotopic (exact) mass is 368 g/mol. The molecule has 2 heterocycles. The summed E-state index contributed by atoms with van der Waals surface area (Å²) in [6, 6.07) is 6.76. The molecule has 0 amide bonds. The lowest BCUT2D eigenvalue weighted by Gasteiger charge is -2.14. The molecule has 1 N–H and O–H groups in total. The van der Waals surface area contributed by atoms with Crippen LogP contribution in [0.3, 0.4) is 0 Å². The summed E-state index contributed by atoms with van der Waals surface area (Å²) in [6.07, 6.45) is 5.44. The summed E-state index contributed by atoms with van der Waals surface area (Å²) in [6.45, 7) is 8.23. The average molecular weight is 368 g/mol. The third kappa shape index (κ3) is 4.49. The molecule has 27 heavy (non-hydrogen) atoms. The molecule has 0 atom stereocenters. The normalized spacial score (nSPS) is 10.3. The van der Waals surface area contributed by atoms with Crippen LogP contribution < -0.4 is 4.74 Å². The van der Waals surface area contributed by atoms with Crippen LogP contribution in [0.4, 0.5) is 0 Å². The van der Waals surface area contributed by atoms with Gasteiger partial charge in [-0.05, 0) is 32.0 Å². The second kappa shape index (κ2) is 9.47. The highest BCUT2D eigenvalue weighted by atomic mass is 16.5. The summed E-state index contributed by atoms with van der Waals surface area (Å²) in [5, 5.41) is 14.1. The Hall–Kier alpha value is -3.22. The smallest absolute Gasteiger partial charge is 0.157 e. The number of ether oxygens (including phenoxy) is 1. The van der Waals surface area contributed by atoms with E-state index in [-0.39, 0.29) is 24.0 Å². The number of nitrogens with zero attached hydrogens (tertiary/aromatic N) is 4. The molecule has 0 bridgehead atoms. The van der Waals surface area contributed by atoms with Crippen LogP contribution in [0.2, 0.25) is 0 Å². The van der Waals surface area contributed by atoms with Crippen LogP contribution in [-0.4, -0.2) is 31.1 Å². The minimum absolute atomic E-state index is 0.116. The third-order valence-electron chi connectivity index (χ3n) is 3.73. The summed E-state index contributed by atoms with van der Waals surface area (Å²) < 4.78 is 7.61. The van der Waals surface area contributed by atoms with Gasteiger partial charge in [0, 0.05) is 24.0 Å². The van der Waals surface area contributed by atoms with Gasteiger partial charge in [-0.1, -0.05) is 19.9 Å². The van der Waals surface area contributed by atoms with Crippen LogP contribution in [0.25, 0.3) is 11.4 Å². The Labute approximate surface area is 158 Å². The van der Waals surface area contributed by atoms with Crippen molar-refractivity contribution in [1.29, 1.82) is 0 Å². The van der Waals surface area contributed by atoms with Crippen molar-refractivity contribution in [2.45, 2.75) is 40.3 Å². The molecule has 7 heteroatoms. The molecule has 0 aliphatic rings. The predicted molar refractivity (Wildman–Crippen MR) is 103 cm³/mol. The van der Waals surface area contributed by atoms with Gasteiger partial charge >= 0.3 is 0 Å². The number of phenols is 1. The molecule has 3 rings (SSSR count). The minimum atomic E-state index is -0.116. The van der Waals surface area contributed by atoms with Crippen molar-refractivity contribution in [2.75, 3.05) is 0 Å². The summed E-state index contributed by atoms with van der Waals surface area (Å²) in [4.78, 5) is 19.6. The van der Waals surface area contributed by atoms with E-state index >= 15 is 0 Å². The largest absolute Gasteiger partial charge is 0.507 e. The first kappa shape index (κ1) is 20.1. The SMILES string of the molecule is CC.CC(C)n1nccc1-c1ncncc1COc1cccc(O)c1C=O. The summed E-state index contributed by atoms with van der Waals surface area (Å²) in [5.74, 6) is 0.192. The quantitative estimate of drug-likeness (QED) is 0.660. The van der Waals surface area contributed by atoms with Gasteiger partial charge in [-0.15, -0.1) is 0 Å². The topological polar surface area (TPSA) is 90.1 Å². The van der Waals surface area contributed by atoms with Gasteiger partial charge in [0.05, 0.1) is 17.0 Å². The van der Waals surface area contributed by atoms with E-state index in [4.69, 9.17) is 4.74 Å². The van der Waals surface area contributed by atoms with Crippen molar-refractivity contribution in [3.05, 3.63) is 54.1 Å². The molecule has 0 unspecified atom stereocenters. The molecule has 0 aliphatic heterocycles. The lowest BCUT2D eigenvalue weighted by Crippen LogP contribution is -2.08. The second-order valence-electron chi connectivity index (χ2n) is 5.75. The fourth-order valence-corrected chi connectivity index (χ4v) is 2.54. The number of rotatable bonds is 6. The molecule has 142 valence electrons. The molecule has 7 nitrogen and oxygen atoms in total.